The number of carbonyl (C=O) groups is 4. The molecular weight excluding hydrogens is 430 g/mol. The fraction of sp³-hybridized carbons (Fsp3) is 0.565. The van der Waals surface area contributed by atoms with Crippen molar-refractivity contribution in [1.82, 2.24) is 15.5 Å². The molecule has 0 aromatic heterocycles. The van der Waals surface area contributed by atoms with Crippen molar-refractivity contribution in [3.63, 3.8) is 0 Å². The van der Waals surface area contributed by atoms with Crippen molar-refractivity contribution in [2.75, 3.05) is 19.7 Å². The molecule has 182 valence electrons. The molecule has 33 heavy (non-hydrogen) atoms. The second-order valence-corrected chi connectivity index (χ2v) is 8.83. The lowest BCUT2D eigenvalue weighted by Crippen LogP contribution is -2.51. The van der Waals surface area contributed by atoms with Gasteiger partial charge in [-0.1, -0.05) is 30.3 Å². The summed E-state index contributed by atoms with van der Waals surface area (Å²) in [6, 6.07) is 7.43. The van der Waals surface area contributed by atoms with E-state index in [9.17, 15) is 24.3 Å². The van der Waals surface area contributed by atoms with Gasteiger partial charge in [-0.2, -0.15) is 0 Å². The van der Waals surface area contributed by atoms with Gasteiger partial charge in [0, 0.05) is 6.54 Å². The number of aliphatic hydroxyl groups excluding tert-OH is 1. The maximum Gasteiger partial charge on any atom is 0.408 e. The van der Waals surface area contributed by atoms with E-state index in [-0.39, 0.29) is 31.7 Å². The molecule has 1 heterocycles. The summed E-state index contributed by atoms with van der Waals surface area (Å²) in [7, 11) is 0. The first kappa shape index (κ1) is 26.1. The van der Waals surface area contributed by atoms with E-state index in [1.165, 1.54) is 4.90 Å². The highest BCUT2D eigenvalue weighted by molar-refractivity contribution is 5.92. The fourth-order valence-electron chi connectivity index (χ4n) is 3.41. The highest BCUT2D eigenvalue weighted by Gasteiger charge is 2.30. The third-order valence-corrected chi connectivity index (χ3v) is 4.93. The Bertz CT molecular complexity index is 823. The Kier molecular flexibility index (Phi) is 9.65. The second kappa shape index (κ2) is 12.2. The number of nitrogens with zero attached hydrogens (tertiary/aromatic N) is 1. The Labute approximate surface area is 193 Å². The average Bonchev–Trinajstić information content (AvgIpc) is 3.24. The smallest absolute Gasteiger partial charge is 0.408 e. The van der Waals surface area contributed by atoms with E-state index in [0.717, 1.165) is 12.0 Å². The highest BCUT2D eigenvalue weighted by atomic mass is 16.6. The molecule has 0 saturated carbocycles. The van der Waals surface area contributed by atoms with Gasteiger partial charge >= 0.3 is 12.1 Å². The number of aliphatic hydroxyl groups is 1. The van der Waals surface area contributed by atoms with Gasteiger partial charge in [-0.3, -0.25) is 14.4 Å². The molecule has 2 rings (SSSR count). The van der Waals surface area contributed by atoms with Crippen LogP contribution in [0, 0.1) is 0 Å². The number of ether oxygens (including phenoxy) is 2. The van der Waals surface area contributed by atoms with Crippen LogP contribution in [-0.2, 0) is 30.5 Å². The summed E-state index contributed by atoms with van der Waals surface area (Å²) >= 11 is 0. The van der Waals surface area contributed by atoms with Crippen LogP contribution in [0.3, 0.4) is 0 Å². The number of benzene rings is 1. The lowest BCUT2D eigenvalue weighted by atomic mass is 10.1. The number of alkyl carbamates (subject to hydrolysis) is 1. The molecule has 10 nitrogen and oxygen atoms in total. The molecule has 2 unspecified atom stereocenters. The van der Waals surface area contributed by atoms with Crippen LogP contribution in [0.4, 0.5) is 4.79 Å². The summed E-state index contributed by atoms with van der Waals surface area (Å²) in [6.07, 6.45) is 0.169. The molecule has 10 heteroatoms. The number of hydrogen-bond acceptors (Lipinski definition) is 7. The van der Waals surface area contributed by atoms with Gasteiger partial charge in [0.25, 0.3) is 0 Å². The van der Waals surface area contributed by atoms with Crippen LogP contribution >= 0.6 is 0 Å². The maximum atomic E-state index is 12.7. The van der Waals surface area contributed by atoms with Crippen LogP contribution in [0.2, 0.25) is 0 Å². The number of hydrogen-bond donors (Lipinski definition) is 3. The topological polar surface area (TPSA) is 134 Å². The maximum absolute atomic E-state index is 12.7. The van der Waals surface area contributed by atoms with Gasteiger partial charge in [-0.25, -0.2) is 4.79 Å². The number of esters is 1. The average molecular weight is 464 g/mol. The van der Waals surface area contributed by atoms with Crippen LogP contribution in [0.15, 0.2) is 30.3 Å². The Morgan fingerprint density at radius 1 is 1.18 bits per heavy atom. The van der Waals surface area contributed by atoms with Gasteiger partial charge in [-0.15, -0.1) is 0 Å². The van der Waals surface area contributed by atoms with Crippen molar-refractivity contribution in [2.24, 2.45) is 0 Å². The molecule has 3 N–H and O–H groups in total. The van der Waals surface area contributed by atoms with Crippen molar-refractivity contribution in [1.29, 1.82) is 0 Å². The van der Waals surface area contributed by atoms with Crippen LogP contribution in [0.25, 0.3) is 0 Å². The lowest BCUT2D eigenvalue weighted by Gasteiger charge is -2.24. The molecule has 0 radical (unpaired) electrons. The minimum absolute atomic E-state index is 0.0105. The Morgan fingerprint density at radius 2 is 1.88 bits per heavy atom. The summed E-state index contributed by atoms with van der Waals surface area (Å²) < 4.78 is 10.4. The standard InChI is InChI=1S/C23H33N3O7/c1-23(2,3)33-20(29)12-18(25-22(31)32-15-16-8-5-4-6-9-16)21(30)24-13-19(28)26-11-7-10-17(26)14-27/h4-6,8-9,17-18,27H,7,10-15H2,1-3H3,(H,24,30)(H,25,31). The zero-order chi connectivity index (χ0) is 24.4. The van der Waals surface area contributed by atoms with Gasteiger partial charge in [0.1, 0.15) is 18.2 Å². The zero-order valence-electron chi connectivity index (χ0n) is 19.3. The molecule has 1 aromatic carbocycles. The third-order valence-electron chi connectivity index (χ3n) is 4.93. The summed E-state index contributed by atoms with van der Waals surface area (Å²) in [4.78, 5) is 51.2. The summed E-state index contributed by atoms with van der Waals surface area (Å²) in [5.74, 6) is -1.74. The summed E-state index contributed by atoms with van der Waals surface area (Å²) in [5, 5.41) is 14.2. The SMILES string of the molecule is CC(C)(C)OC(=O)CC(NC(=O)OCc1ccccc1)C(=O)NCC(=O)N1CCCC1CO. The van der Waals surface area contributed by atoms with Crippen molar-refractivity contribution in [2.45, 2.75) is 64.3 Å². The minimum Gasteiger partial charge on any atom is -0.460 e. The lowest BCUT2D eigenvalue weighted by molar-refractivity contribution is -0.156. The Hall–Kier alpha value is -3.14. The van der Waals surface area contributed by atoms with Gasteiger partial charge in [0.15, 0.2) is 0 Å². The fourth-order valence-corrected chi connectivity index (χ4v) is 3.41. The first-order valence-electron chi connectivity index (χ1n) is 11.0. The Morgan fingerprint density at radius 3 is 2.52 bits per heavy atom. The molecular formula is C23H33N3O7. The van der Waals surface area contributed by atoms with Crippen LogP contribution in [0.1, 0.15) is 45.6 Å². The largest absolute Gasteiger partial charge is 0.460 e. The third kappa shape index (κ3) is 9.09. The predicted molar refractivity (Wildman–Crippen MR) is 119 cm³/mol. The first-order valence-corrected chi connectivity index (χ1v) is 11.0. The number of amides is 3. The number of likely N-dealkylation sites (tertiary alicyclic amines) is 1. The van der Waals surface area contributed by atoms with Gasteiger partial charge in [0.05, 0.1) is 25.6 Å². The zero-order valence-corrected chi connectivity index (χ0v) is 19.3. The molecule has 3 amide bonds. The van der Waals surface area contributed by atoms with Gasteiger partial charge < -0.3 is 30.1 Å². The normalized spacial score (nSPS) is 16.6. The van der Waals surface area contributed by atoms with Gasteiger partial charge in [0.2, 0.25) is 11.8 Å². The molecule has 2 atom stereocenters. The van der Waals surface area contributed by atoms with Crippen LogP contribution in [0.5, 0.6) is 0 Å². The van der Waals surface area contributed by atoms with Gasteiger partial charge in [-0.05, 0) is 39.2 Å². The molecule has 0 spiro atoms. The van der Waals surface area contributed by atoms with E-state index in [2.05, 4.69) is 10.6 Å². The summed E-state index contributed by atoms with van der Waals surface area (Å²) in [5.41, 5.74) is -0.00724. The molecule has 1 aromatic rings. The molecule has 1 aliphatic rings. The number of nitrogens with one attached hydrogen (secondary N) is 2. The van der Waals surface area contributed by atoms with E-state index in [0.29, 0.717) is 13.0 Å². The first-order chi connectivity index (χ1) is 15.6. The van der Waals surface area contributed by atoms with Crippen molar-refractivity contribution in [3.8, 4) is 0 Å². The predicted octanol–water partition coefficient (Wildman–Crippen LogP) is 1.11. The molecule has 0 aliphatic carbocycles. The van der Waals surface area contributed by atoms with E-state index in [1.54, 1.807) is 45.0 Å². The molecule has 1 fully saturated rings. The van der Waals surface area contributed by atoms with Crippen molar-refractivity contribution < 1.29 is 33.8 Å². The number of rotatable bonds is 9. The van der Waals surface area contributed by atoms with Crippen LogP contribution in [-0.4, -0.2) is 71.3 Å². The molecule has 1 aliphatic heterocycles. The van der Waals surface area contributed by atoms with Crippen molar-refractivity contribution >= 4 is 23.9 Å². The second-order valence-electron chi connectivity index (χ2n) is 8.83. The van der Waals surface area contributed by atoms with Crippen molar-refractivity contribution in [3.05, 3.63) is 35.9 Å². The van der Waals surface area contributed by atoms with E-state index in [1.807, 2.05) is 6.07 Å². The number of carbonyl (C=O) groups excluding carboxylic acids is 4. The quantitative estimate of drug-likeness (QED) is 0.467. The summed E-state index contributed by atoms with van der Waals surface area (Å²) in [6.45, 7) is 5.10. The van der Waals surface area contributed by atoms with E-state index < -0.39 is 36.0 Å². The molecule has 1 saturated heterocycles. The van der Waals surface area contributed by atoms with Crippen LogP contribution < -0.4 is 10.6 Å². The Balaban J connectivity index is 1.96. The monoisotopic (exact) mass is 463 g/mol. The minimum atomic E-state index is -1.29. The molecule has 0 bridgehead atoms. The van der Waals surface area contributed by atoms with E-state index >= 15 is 0 Å². The highest BCUT2D eigenvalue weighted by Crippen LogP contribution is 2.16. The van der Waals surface area contributed by atoms with E-state index in [4.69, 9.17) is 9.47 Å².